The molecule has 2 N–H and O–H groups in total. The Labute approximate surface area is 139 Å². The molecule has 4 nitrogen and oxygen atoms in total. The minimum absolute atomic E-state index is 0.0940. The Kier molecular flexibility index (Phi) is 4.82. The van der Waals surface area contributed by atoms with Crippen molar-refractivity contribution in [1.82, 2.24) is 0 Å². The Morgan fingerprint density at radius 2 is 1.73 bits per heavy atom. The van der Waals surface area contributed by atoms with Gasteiger partial charge in [-0.3, -0.25) is 4.72 Å². The fraction of sp³-hybridized carbons (Fsp3) is 0.250. The first-order valence-electron chi connectivity index (χ1n) is 6.82. The van der Waals surface area contributed by atoms with Crippen molar-refractivity contribution in [2.75, 3.05) is 4.72 Å². The summed E-state index contributed by atoms with van der Waals surface area (Å²) in [4.78, 5) is 0.189. The molecule has 2 rings (SSSR count). The lowest BCUT2D eigenvalue weighted by atomic mass is 9.99. The summed E-state index contributed by atoms with van der Waals surface area (Å²) in [5, 5.41) is 9.95. The Morgan fingerprint density at radius 1 is 1.14 bits per heavy atom. The molecule has 0 saturated heterocycles. The molecule has 0 fully saturated rings. The van der Waals surface area contributed by atoms with Crippen LogP contribution in [0.1, 0.15) is 30.9 Å². The minimum atomic E-state index is -3.66. The first-order valence-corrected chi connectivity index (χ1v) is 9.10. The smallest absolute Gasteiger partial charge is 0.261 e. The van der Waals surface area contributed by atoms with Crippen molar-refractivity contribution >= 4 is 31.6 Å². The van der Waals surface area contributed by atoms with Gasteiger partial charge in [-0.25, -0.2) is 8.42 Å². The van der Waals surface area contributed by atoms with Crippen molar-refractivity contribution in [1.29, 1.82) is 0 Å². The van der Waals surface area contributed by atoms with Gasteiger partial charge < -0.3 is 5.11 Å². The quantitative estimate of drug-likeness (QED) is 0.769. The van der Waals surface area contributed by atoms with Crippen molar-refractivity contribution in [2.24, 2.45) is 0 Å². The monoisotopic (exact) mass is 383 g/mol. The minimum Gasteiger partial charge on any atom is -0.508 e. The van der Waals surface area contributed by atoms with Gasteiger partial charge in [0.25, 0.3) is 10.0 Å². The van der Waals surface area contributed by atoms with E-state index in [0.29, 0.717) is 16.8 Å². The van der Waals surface area contributed by atoms with E-state index in [-0.39, 0.29) is 16.6 Å². The average molecular weight is 384 g/mol. The molecule has 0 amide bonds. The number of benzene rings is 2. The lowest BCUT2D eigenvalue weighted by Crippen LogP contribution is -2.14. The fourth-order valence-corrected chi connectivity index (χ4v) is 3.49. The van der Waals surface area contributed by atoms with Gasteiger partial charge in [0.05, 0.1) is 10.6 Å². The maximum atomic E-state index is 12.4. The lowest BCUT2D eigenvalue weighted by Gasteiger charge is -2.15. The number of phenolic OH excluding ortho intramolecular Hbond substituents is 1. The largest absolute Gasteiger partial charge is 0.508 e. The van der Waals surface area contributed by atoms with Crippen LogP contribution in [-0.2, 0) is 10.0 Å². The number of sulfonamides is 1. The van der Waals surface area contributed by atoms with Gasteiger partial charge in [0.15, 0.2) is 0 Å². The van der Waals surface area contributed by atoms with Gasteiger partial charge in [0.2, 0.25) is 0 Å². The van der Waals surface area contributed by atoms with Crippen molar-refractivity contribution in [3.8, 4) is 5.75 Å². The number of phenols is 1. The van der Waals surface area contributed by atoms with Crippen molar-refractivity contribution < 1.29 is 13.5 Å². The zero-order valence-electron chi connectivity index (χ0n) is 12.6. The van der Waals surface area contributed by atoms with Crippen LogP contribution in [0.2, 0.25) is 0 Å². The van der Waals surface area contributed by atoms with E-state index in [1.807, 2.05) is 13.8 Å². The van der Waals surface area contributed by atoms with Gasteiger partial charge in [-0.05, 0) is 60.4 Å². The Balaban J connectivity index is 2.41. The summed E-state index contributed by atoms with van der Waals surface area (Å²) in [6.45, 7) is 5.64. The SMILES string of the molecule is Cc1cc(O)c(C(C)C)cc1NS(=O)(=O)c1ccc(Br)cc1. The van der Waals surface area contributed by atoms with Gasteiger partial charge >= 0.3 is 0 Å². The standard InChI is InChI=1S/C16H18BrNO3S/c1-10(2)14-9-15(11(3)8-16(14)19)18-22(20,21)13-6-4-12(17)5-7-13/h4-10,18-19H,1-3H3. The third kappa shape index (κ3) is 3.62. The van der Waals surface area contributed by atoms with E-state index >= 15 is 0 Å². The molecule has 22 heavy (non-hydrogen) atoms. The molecule has 0 aliphatic carbocycles. The molecule has 0 radical (unpaired) electrons. The highest BCUT2D eigenvalue weighted by atomic mass is 79.9. The van der Waals surface area contributed by atoms with Gasteiger partial charge in [0.1, 0.15) is 5.75 Å². The van der Waals surface area contributed by atoms with Crippen LogP contribution in [0.15, 0.2) is 45.8 Å². The molecule has 2 aromatic rings. The lowest BCUT2D eigenvalue weighted by molar-refractivity contribution is 0.464. The van der Waals surface area contributed by atoms with E-state index in [1.165, 1.54) is 12.1 Å². The van der Waals surface area contributed by atoms with Gasteiger partial charge in [-0.15, -0.1) is 0 Å². The van der Waals surface area contributed by atoms with E-state index in [2.05, 4.69) is 20.7 Å². The molecule has 118 valence electrons. The van der Waals surface area contributed by atoms with Crippen LogP contribution < -0.4 is 4.72 Å². The van der Waals surface area contributed by atoms with E-state index in [1.54, 1.807) is 31.2 Å². The first kappa shape index (κ1) is 16.8. The fourth-order valence-electron chi connectivity index (χ4n) is 2.10. The van der Waals surface area contributed by atoms with E-state index in [9.17, 15) is 13.5 Å². The zero-order valence-corrected chi connectivity index (χ0v) is 15.0. The van der Waals surface area contributed by atoms with E-state index < -0.39 is 10.0 Å². The van der Waals surface area contributed by atoms with Crippen molar-refractivity contribution in [3.05, 3.63) is 52.0 Å². The predicted molar refractivity (Wildman–Crippen MR) is 91.9 cm³/mol. The molecular formula is C16H18BrNO3S. The number of aryl methyl sites for hydroxylation is 1. The molecule has 0 unspecified atom stereocenters. The van der Waals surface area contributed by atoms with Crippen LogP contribution in [0, 0.1) is 6.92 Å². The Morgan fingerprint density at radius 3 is 2.27 bits per heavy atom. The maximum Gasteiger partial charge on any atom is 0.261 e. The molecule has 6 heteroatoms. The normalized spacial score (nSPS) is 11.7. The number of anilines is 1. The Hall–Kier alpha value is -1.53. The summed E-state index contributed by atoms with van der Waals surface area (Å²) in [5.41, 5.74) is 1.85. The van der Waals surface area contributed by atoms with Crippen LogP contribution in [0.4, 0.5) is 5.69 Å². The highest BCUT2D eigenvalue weighted by Crippen LogP contribution is 2.32. The number of nitrogens with one attached hydrogen (secondary N) is 1. The van der Waals surface area contributed by atoms with Crippen LogP contribution in [0.25, 0.3) is 0 Å². The maximum absolute atomic E-state index is 12.4. The number of hydrogen-bond acceptors (Lipinski definition) is 3. The second kappa shape index (κ2) is 6.30. The molecule has 0 saturated carbocycles. The number of hydrogen-bond donors (Lipinski definition) is 2. The summed E-state index contributed by atoms with van der Waals surface area (Å²) < 4.78 is 28.3. The summed E-state index contributed by atoms with van der Waals surface area (Å²) in [7, 11) is -3.66. The molecule has 0 spiro atoms. The van der Waals surface area contributed by atoms with Gasteiger partial charge in [0, 0.05) is 4.47 Å². The summed E-state index contributed by atoms with van der Waals surface area (Å²) in [6, 6.07) is 9.69. The molecule has 0 bridgehead atoms. The second-order valence-electron chi connectivity index (χ2n) is 5.44. The molecule has 0 aliphatic heterocycles. The van der Waals surface area contributed by atoms with Crippen LogP contribution >= 0.6 is 15.9 Å². The van der Waals surface area contributed by atoms with Crippen LogP contribution in [0.3, 0.4) is 0 Å². The zero-order chi connectivity index (χ0) is 16.5. The van der Waals surface area contributed by atoms with E-state index in [4.69, 9.17) is 0 Å². The van der Waals surface area contributed by atoms with Gasteiger partial charge in [-0.2, -0.15) is 0 Å². The van der Waals surface area contributed by atoms with Crippen LogP contribution in [-0.4, -0.2) is 13.5 Å². The number of aromatic hydroxyl groups is 1. The van der Waals surface area contributed by atoms with Gasteiger partial charge in [-0.1, -0.05) is 29.8 Å². The second-order valence-corrected chi connectivity index (χ2v) is 8.04. The van der Waals surface area contributed by atoms with Crippen molar-refractivity contribution in [3.63, 3.8) is 0 Å². The molecule has 0 heterocycles. The molecule has 0 atom stereocenters. The number of halogens is 1. The third-order valence-electron chi connectivity index (χ3n) is 3.36. The summed E-state index contributed by atoms with van der Waals surface area (Å²) in [6.07, 6.45) is 0. The van der Waals surface area contributed by atoms with Crippen LogP contribution in [0.5, 0.6) is 5.75 Å². The topological polar surface area (TPSA) is 66.4 Å². The average Bonchev–Trinajstić information content (AvgIpc) is 2.41. The first-order chi connectivity index (χ1) is 10.2. The third-order valence-corrected chi connectivity index (χ3v) is 5.27. The number of rotatable bonds is 4. The Bertz CT molecular complexity index is 784. The van der Waals surface area contributed by atoms with Crippen molar-refractivity contribution in [2.45, 2.75) is 31.6 Å². The van der Waals surface area contributed by atoms with E-state index in [0.717, 1.165) is 4.47 Å². The highest BCUT2D eigenvalue weighted by Gasteiger charge is 2.17. The molecular weight excluding hydrogens is 366 g/mol. The summed E-state index contributed by atoms with van der Waals surface area (Å²) in [5.74, 6) is 0.274. The molecule has 0 aromatic heterocycles. The molecule has 0 aliphatic rings. The molecule has 2 aromatic carbocycles. The highest BCUT2D eigenvalue weighted by molar-refractivity contribution is 9.10. The summed E-state index contributed by atoms with van der Waals surface area (Å²) >= 11 is 3.28. The predicted octanol–water partition coefficient (Wildman–Crippen LogP) is 4.39.